The van der Waals surface area contributed by atoms with Crippen LogP contribution in [0.15, 0.2) is 60.8 Å². The van der Waals surface area contributed by atoms with Crippen molar-refractivity contribution in [1.29, 1.82) is 0 Å². The van der Waals surface area contributed by atoms with Gasteiger partial charge in [0.2, 0.25) is 0 Å². The van der Waals surface area contributed by atoms with E-state index in [1.165, 1.54) is 6.20 Å². The number of carbonyl (C=O) groups excluding carboxylic acids is 1. The lowest BCUT2D eigenvalue weighted by molar-refractivity contribution is -0.139. The van der Waals surface area contributed by atoms with Crippen LogP contribution in [0.1, 0.15) is 58.3 Å². The predicted molar refractivity (Wildman–Crippen MR) is 116 cm³/mol. The summed E-state index contributed by atoms with van der Waals surface area (Å²) in [6, 6.07) is 11.5. The third-order valence-electron chi connectivity index (χ3n) is 5.81. The molecule has 0 radical (unpaired) electrons. The number of aromatic nitrogens is 1. The van der Waals surface area contributed by atoms with E-state index in [2.05, 4.69) is 4.98 Å². The molecule has 0 saturated heterocycles. The fourth-order valence-electron chi connectivity index (χ4n) is 4.06. The summed E-state index contributed by atoms with van der Waals surface area (Å²) in [4.78, 5) is 17.0. The molecule has 0 amide bonds. The van der Waals surface area contributed by atoms with Crippen molar-refractivity contribution in [1.82, 2.24) is 4.98 Å². The van der Waals surface area contributed by atoms with Crippen molar-refractivity contribution in [2.75, 3.05) is 0 Å². The normalized spacial score (nSPS) is 13.1. The fourth-order valence-corrected chi connectivity index (χ4v) is 4.06. The highest BCUT2D eigenvalue weighted by Gasteiger charge is 2.37. The van der Waals surface area contributed by atoms with E-state index in [0.29, 0.717) is 6.42 Å². The van der Waals surface area contributed by atoms with Crippen LogP contribution >= 0.6 is 0 Å². The molecule has 0 N–H and O–H groups in total. The molecule has 2 aromatic carbocycles. The summed E-state index contributed by atoms with van der Waals surface area (Å²) >= 11 is 0. The van der Waals surface area contributed by atoms with Crippen LogP contribution in [-0.4, -0.2) is 10.8 Å². The number of halogens is 6. The number of Topliss-reactive ketones (excluding diaryl/α,β-unsaturated/α-hetero) is 1. The number of alkyl halides is 6. The molecule has 0 fully saturated rings. The molecule has 34 heavy (non-hydrogen) atoms. The van der Waals surface area contributed by atoms with E-state index >= 15 is 0 Å². The zero-order valence-corrected chi connectivity index (χ0v) is 18.6. The Hall–Kier alpha value is -3.16. The summed E-state index contributed by atoms with van der Waals surface area (Å²) in [5.74, 6) is -1.48. The summed E-state index contributed by atoms with van der Waals surface area (Å²) in [7, 11) is 0. The predicted octanol–water partition coefficient (Wildman–Crippen LogP) is 7.32. The smallest absolute Gasteiger partial charge is 0.299 e. The number of nitrogens with zero attached hydrogens (tertiary/aromatic N) is 1. The van der Waals surface area contributed by atoms with Crippen molar-refractivity contribution in [2.24, 2.45) is 0 Å². The Kier molecular flexibility index (Phi) is 7.48. The van der Waals surface area contributed by atoms with Crippen LogP contribution in [0.25, 0.3) is 0 Å². The van der Waals surface area contributed by atoms with Gasteiger partial charge in [-0.1, -0.05) is 37.3 Å². The molecule has 8 heteroatoms. The fraction of sp³-hybridized carbons (Fsp3) is 0.308. The van der Waals surface area contributed by atoms with Crippen LogP contribution in [0.3, 0.4) is 0 Å². The summed E-state index contributed by atoms with van der Waals surface area (Å²) in [6.45, 7) is 3.80. The molecule has 3 rings (SSSR count). The standard InChI is InChI=1S/C26H23F6NO/c1-3-17-7-4-6-16(2)21(17)14-20(34)15-22(18-9-11-19(12-10-18)25(27,28)29)24-23(26(30,31)32)8-5-13-33-24/h4-13,22H,3,14-15H2,1-2H3/t22-/m0/s1. The Labute approximate surface area is 193 Å². The van der Waals surface area contributed by atoms with Gasteiger partial charge in [-0.25, -0.2) is 0 Å². The van der Waals surface area contributed by atoms with Gasteiger partial charge in [-0.15, -0.1) is 0 Å². The molecule has 0 bridgehead atoms. The molecule has 2 nitrogen and oxygen atoms in total. The van der Waals surface area contributed by atoms with Gasteiger partial charge in [-0.05, 0) is 59.9 Å². The van der Waals surface area contributed by atoms with Gasteiger partial charge >= 0.3 is 12.4 Å². The molecule has 0 aliphatic heterocycles. The van der Waals surface area contributed by atoms with Crippen LogP contribution in [0.5, 0.6) is 0 Å². The highest BCUT2D eigenvalue weighted by molar-refractivity contribution is 5.83. The number of aryl methyl sites for hydroxylation is 2. The lowest BCUT2D eigenvalue weighted by Gasteiger charge is -2.21. The Bertz CT molecular complexity index is 1150. The molecule has 0 aliphatic carbocycles. The van der Waals surface area contributed by atoms with Crippen molar-refractivity contribution in [3.63, 3.8) is 0 Å². The minimum atomic E-state index is -4.73. The maximum absolute atomic E-state index is 13.7. The maximum Gasteiger partial charge on any atom is 0.418 e. The summed E-state index contributed by atoms with van der Waals surface area (Å²) in [5.41, 5.74) is 0.512. The number of hydrogen-bond donors (Lipinski definition) is 0. The molecule has 1 aromatic heterocycles. The molecule has 180 valence electrons. The average Bonchev–Trinajstić information content (AvgIpc) is 2.78. The maximum atomic E-state index is 13.7. The number of ketones is 1. The van der Waals surface area contributed by atoms with E-state index in [4.69, 9.17) is 0 Å². The molecule has 3 aromatic rings. The van der Waals surface area contributed by atoms with Crippen LogP contribution in [0.4, 0.5) is 26.3 Å². The third kappa shape index (κ3) is 5.85. The number of rotatable bonds is 7. The van der Waals surface area contributed by atoms with E-state index < -0.39 is 29.4 Å². The van der Waals surface area contributed by atoms with E-state index in [9.17, 15) is 31.1 Å². The van der Waals surface area contributed by atoms with Crippen molar-refractivity contribution in [3.05, 3.63) is 99.9 Å². The molecular weight excluding hydrogens is 456 g/mol. The van der Waals surface area contributed by atoms with Gasteiger partial charge in [0.15, 0.2) is 0 Å². The molecule has 1 atom stereocenters. The van der Waals surface area contributed by atoms with Crippen molar-refractivity contribution in [2.45, 2.75) is 51.4 Å². The molecule has 0 spiro atoms. The van der Waals surface area contributed by atoms with Crippen molar-refractivity contribution < 1.29 is 31.1 Å². The highest BCUT2D eigenvalue weighted by Crippen LogP contribution is 2.39. The first-order valence-electron chi connectivity index (χ1n) is 10.7. The Morgan fingerprint density at radius 1 is 0.912 bits per heavy atom. The van der Waals surface area contributed by atoms with Gasteiger partial charge in [0.1, 0.15) is 5.78 Å². The van der Waals surface area contributed by atoms with E-state index in [1.807, 2.05) is 32.0 Å². The Morgan fingerprint density at radius 2 is 1.59 bits per heavy atom. The van der Waals surface area contributed by atoms with Gasteiger partial charge in [0.25, 0.3) is 0 Å². The van der Waals surface area contributed by atoms with Crippen LogP contribution in [0.2, 0.25) is 0 Å². The monoisotopic (exact) mass is 479 g/mol. The number of pyridine rings is 1. The molecule has 0 saturated carbocycles. The quantitative estimate of drug-likeness (QED) is 0.332. The van der Waals surface area contributed by atoms with Gasteiger partial charge in [0, 0.05) is 25.0 Å². The van der Waals surface area contributed by atoms with Crippen molar-refractivity contribution >= 4 is 5.78 Å². The Balaban J connectivity index is 2.03. The minimum Gasteiger partial charge on any atom is -0.299 e. The van der Waals surface area contributed by atoms with E-state index in [0.717, 1.165) is 53.1 Å². The molecule has 0 unspecified atom stereocenters. The first-order valence-corrected chi connectivity index (χ1v) is 10.7. The SMILES string of the molecule is CCc1cccc(C)c1CC(=O)C[C@@H](c1ccc(C(F)(F)F)cc1)c1ncccc1C(F)(F)F. The second-order valence-corrected chi connectivity index (χ2v) is 8.09. The van der Waals surface area contributed by atoms with Crippen LogP contribution in [-0.2, 0) is 30.0 Å². The van der Waals surface area contributed by atoms with Gasteiger partial charge in [-0.2, -0.15) is 26.3 Å². The number of carbonyl (C=O) groups is 1. The van der Waals surface area contributed by atoms with Gasteiger partial charge < -0.3 is 0 Å². The summed E-state index contributed by atoms with van der Waals surface area (Å²) < 4.78 is 80.2. The zero-order chi connectivity index (χ0) is 25.1. The summed E-state index contributed by atoms with van der Waals surface area (Å²) in [5, 5.41) is 0. The first-order chi connectivity index (χ1) is 15.9. The van der Waals surface area contributed by atoms with Crippen LogP contribution in [0, 0.1) is 6.92 Å². The lowest BCUT2D eigenvalue weighted by atomic mass is 9.85. The second-order valence-electron chi connectivity index (χ2n) is 8.09. The molecule has 0 aliphatic rings. The largest absolute Gasteiger partial charge is 0.418 e. The number of hydrogen-bond acceptors (Lipinski definition) is 2. The van der Waals surface area contributed by atoms with Gasteiger partial charge in [-0.3, -0.25) is 9.78 Å². The van der Waals surface area contributed by atoms with Crippen molar-refractivity contribution in [3.8, 4) is 0 Å². The lowest BCUT2D eigenvalue weighted by Crippen LogP contribution is -2.18. The highest BCUT2D eigenvalue weighted by atomic mass is 19.4. The third-order valence-corrected chi connectivity index (χ3v) is 5.81. The topological polar surface area (TPSA) is 30.0 Å². The summed E-state index contributed by atoms with van der Waals surface area (Å²) in [6.07, 6.45) is -7.77. The second kappa shape index (κ2) is 9.99. The molecular formula is C26H23F6NO. The van der Waals surface area contributed by atoms with E-state index in [-0.39, 0.29) is 29.9 Å². The zero-order valence-electron chi connectivity index (χ0n) is 18.6. The average molecular weight is 479 g/mol. The van der Waals surface area contributed by atoms with E-state index in [1.54, 1.807) is 0 Å². The molecule has 1 heterocycles. The van der Waals surface area contributed by atoms with Gasteiger partial charge in [0.05, 0.1) is 16.8 Å². The first kappa shape index (κ1) is 25.5. The number of benzene rings is 2. The minimum absolute atomic E-state index is 0.0150. The van der Waals surface area contributed by atoms with Crippen LogP contribution < -0.4 is 0 Å². The Morgan fingerprint density at radius 3 is 2.18 bits per heavy atom.